The Bertz CT molecular complexity index is 1450. The fourth-order valence-electron chi connectivity index (χ4n) is 6.13. The molecule has 4 aromatic rings. The second-order valence-corrected chi connectivity index (χ2v) is 11.0. The first kappa shape index (κ1) is 24.9. The molecular weight excluding hydrogens is 476 g/mol. The van der Waals surface area contributed by atoms with E-state index in [4.69, 9.17) is 4.74 Å². The first-order chi connectivity index (χ1) is 18.6. The van der Waals surface area contributed by atoms with Crippen LogP contribution in [-0.4, -0.2) is 55.9 Å². The molecule has 38 heavy (non-hydrogen) atoms. The molecule has 198 valence electrons. The number of tetrazole rings is 1. The van der Waals surface area contributed by atoms with Gasteiger partial charge in [-0.25, -0.2) is 4.68 Å². The lowest BCUT2D eigenvalue weighted by Crippen LogP contribution is -2.41. The smallest absolute Gasteiger partial charge is 0.253 e. The summed E-state index contributed by atoms with van der Waals surface area (Å²) in [5, 5.41) is 13.9. The van der Waals surface area contributed by atoms with Gasteiger partial charge in [0.15, 0.2) is 5.82 Å². The lowest BCUT2D eigenvalue weighted by molar-refractivity contribution is 0.0892. The highest BCUT2D eigenvalue weighted by Gasteiger charge is 2.34. The zero-order valence-corrected chi connectivity index (χ0v) is 22.3. The highest BCUT2D eigenvalue weighted by molar-refractivity contribution is 5.83. The molecule has 0 spiro atoms. The van der Waals surface area contributed by atoms with Crippen molar-refractivity contribution in [3.63, 3.8) is 0 Å². The molecule has 2 atom stereocenters. The molecule has 2 fully saturated rings. The van der Waals surface area contributed by atoms with Crippen molar-refractivity contribution >= 4 is 10.9 Å². The summed E-state index contributed by atoms with van der Waals surface area (Å²) in [6, 6.07) is 16.7. The van der Waals surface area contributed by atoms with Crippen molar-refractivity contribution in [2.24, 2.45) is 5.92 Å². The van der Waals surface area contributed by atoms with E-state index in [1.807, 2.05) is 10.7 Å². The molecule has 6 rings (SSSR count). The molecule has 2 aliphatic rings. The monoisotopic (exact) mass is 512 g/mol. The van der Waals surface area contributed by atoms with Gasteiger partial charge in [0, 0.05) is 12.2 Å². The van der Waals surface area contributed by atoms with E-state index in [9.17, 15) is 4.79 Å². The molecule has 0 saturated carbocycles. The van der Waals surface area contributed by atoms with Crippen LogP contribution in [0, 0.1) is 19.8 Å². The van der Waals surface area contributed by atoms with Crippen LogP contribution < -0.4 is 5.56 Å². The fourth-order valence-corrected chi connectivity index (χ4v) is 6.13. The number of likely N-dealkylation sites (tertiary alicyclic amines) is 1. The van der Waals surface area contributed by atoms with Gasteiger partial charge < -0.3 is 9.72 Å². The number of ether oxygens (including phenoxy) is 1. The van der Waals surface area contributed by atoms with Gasteiger partial charge in [0.2, 0.25) is 0 Å². The van der Waals surface area contributed by atoms with Crippen LogP contribution in [0.5, 0.6) is 0 Å². The summed E-state index contributed by atoms with van der Waals surface area (Å²) in [5.41, 5.74) is 5.18. The van der Waals surface area contributed by atoms with Gasteiger partial charge in [-0.1, -0.05) is 42.5 Å². The van der Waals surface area contributed by atoms with E-state index in [1.54, 1.807) is 0 Å². The van der Waals surface area contributed by atoms with Gasteiger partial charge in [0.05, 0.1) is 18.2 Å². The van der Waals surface area contributed by atoms with E-state index >= 15 is 0 Å². The molecule has 2 aromatic heterocycles. The number of H-pyrrole nitrogens is 1. The van der Waals surface area contributed by atoms with Crippen molar-refractivity contribution < 1.29 is 4.74 Å². The molecule has 1 N–H and O–H groups in total. The second kappa shape index (κ2) is 10.8. The minimum absolute atomic E-state index is 0.0747. The number of benzene rings is 2. The van der Waals surface area contributed by atoms with Crippen LogP contribution in [0.2, 0.25) is 0 Å². The third kappa shape index (κ3) is 5.02. The quantitative estimate of drug-likeness (QED) is 0.396. The van der Waals surface area contributed by atoms with Gasteiger partial charge in [0.25, 0.3) is 5.56 Å². The van der Waals surface area contributed by atoms with E-state index in [-0.39, 0.29) is 17.7 Å². The highest BCUT2D eigenvalue weighted by Crippen LogP contribution is 2.33. The maximum Gasteiger partial charge on any atom is 0.253 e. The Balaban J connectivity index is 1.34. The molecule has 0 radical (unpaired) electrons. The minimum atomic E-state index is -0.321. The van der Waals surface area contributed by atoms with Gasteiger partial charge in [-0.15, -0.1) is 5.10 Å². The number of hydrogen-bond acceptors (Lipinski definition) is 6. The van der Waals surface area contributed by atoms with E-state index in [0.29, 0.717) is 18.0 Å². The number of nitrogens with zero attached hydrogens (tertiary/aromatic N) is 5. The van der Waals surface area contributed by atoms with Crippen molar-refractivity contribution in [2.75, 3.05) is 19.7 Å². The first-order valence-electron chi connectivity index (χ1n) is 13.9. The average molecular weight is 513 g/mol. The van der Waals surface area contributed by atoms with Gasteiger partial charge >= 0.3 is 0 Å². The predicted molar refractivity (Wildman–Crippen MR) is 147 cm³/mol. The van der Waals surface area contributed by atoms with Crippen LogP contribution in [0.3, 0.4) is 0 Å². The molecule has 8 nitrogen and oxygen atoms in total. The molecule has 2 saturated heterocycles. The van der Waals surface area contributed by atoms with Crippen molar-refractivity contribution in [1.82, 2.24) is 30.1 Å². The third-order valence-electron chi connectivity index (χ3n) is 8.46. The number of nitrogens with one attached hydrogen (secondary N) is 1. The molecule has 0 unspecified atom stereocenters. The summed E-state index contributed by atoms with van der Waals surface area (Å²) >= 11 is 0. The Morgan fingerprint density at radius 3 is 2.66 bits per heavy atom. The van der Waals surface area contributed by atoms with Crippen molar-refractivity contribution in [2.45, 2.75) is 64.6 Å². The van der Waals surface area contributed by atoms with E-state index in [2.05, 4.69) is 81.7 Å². The molecule has 4 heterocycles. The summed E-state index contributed by atoms with van der Waals surface area (Å²) in [4.78, 5) is 19.3. The Hall–Kier alpha value is -3.36. The molecule has 0 bridgehead atoms. The van der Waals surface area contributed by atoms with Gasteiger partial charge in [0.1, 0.15) is 6.04 Å². The lowest BCUT2D eigenvalue weighted by atomic mass is 9.89. The predicted octanol–water partition coefficient (Wildman–Crippen LogP) is 4.35. The zero-order chi connectivity index (χ0) is 26.1. The van der Waals surface area contributed by atoms with Crippen LogP contribution >= 0.6 is 0 Å². The Labute approximate surface area is 223 Å². The maximum absolute atomic E-state index is 13.7. The lowest BCUT2D eigenvalue weighted by Gasteiger charge is -2.37. The fraction of sp³-hybridized carbons (Fsp3) is 0.467. The van der Waals surface area contributed by atoms with Crippen molar-refractivity contribution in [3.8, 4) is 0 Å². The number of fused-ring (bicyclic) bond motifs is 1. The van der Waals surface area contributed by atoms with Crippen LogP contribution in [0.1, 0.15) is 59.8 Å². The Kier molecular flexibility index (Phi) is 7.08. The summed E-state index contributed by atoms with van der Waals surface area (Å²) in [6.07, 6.45) is 5.40. The summed E-state index contributed by atoms with van der Waals surface area (Å²) in [6.45, 7) is 7.29. The molecule has 2 aromatic carbocycles. The van der Waals surface area contributed by atoms with Gasteiger partial charge in [-0.05, 0) is 104 Å². The van der Waals surface area contributed by atoms with E-state index in [0.717, 1.165) is 74.1 Å². The standard InChI is InChI=1S/C30H36N6O2/c1-20-10-11-24-18-26(30(37)31-27(24)21(20)2)28(29-32-33-34-36(29)19-25-9-6-16-38-25)35-14-12-23(13-15-35)17-22-7-4-3-5-8-22/h3-5,7-8,10-11,18,23,25,28H,6,9,12-17,19H2,1-2H3,(H,31,37)/t25-,28-/m0/s1. The molecule has 0 aliphatic carbocycles. The topological polar surface area (TPSA) is 88.9 Å². The normalized spacial score (nSPS) is 19.8. The van der Waals surface area contributed by atoms with Crippen LogP contribution in [0.25, 0.3) is 10.9 Å². The van der Waals surface area contributed by atoms with E-state index < -0.39 is 0 Å². The number of aryl methyl sites for hydroxylation is 2. The third-order valence-corrected chi connectivity index (χ3v) is 8.46. The van der Waals surface area contributed by atoms with Crippen LogP contribution in [-0.2, 0) is 17.7 Å². The van der Waals surface area contributed by atoms with Crippen molar-refractivity contribution in [3.05, 3.63) is 87.0 Å². The number of hydrogen-bond donors (Lipinski definition) is 1. The first-order valence-corrected chi connectivity index (χ1v) is 13.9. The SMILES string of the molecule is Cc1ccc2cc([C@@H](c3nnnn3C[C@@H]3CCCO3)N3CCC(Cc4ccccc4)CC3)c(=O)[nH]c2c1C. The van der Waals surface area contributed by atoms with Crippen LogP contribution in [0.15, 0.2) is 53.3 Å². The highest BCUT2D eigenvalue weighted by atomic mass is 16.5. The minimum Gasteiger partial charge on any atom is -0.376 e. The second-order valence-electron chi connectivity index (χ2n) is 11.0. The molecule has 2 aliphatic heterocycles. The molecule has 8 heteroatoms. The Morgan fingerprint density at radius 1 is 1.08 bits per heavy atom. The summed E-state index contributed by atoms with van der Waals surface area (Å²) in [7, 11) is 0. The zero-order valence-electron chi connectivity index (χ0n) is 22.3. The maximum atomic E-state index is 13.7. The summed E-state index contributed by atoms with van der Waals surface area (Å²) in [5.74, 6) is 1.34. The summed E-state index contributed by atoms with van der Waals surface area (Å²) < 4.78 is 7.75. The molecule has 0 amide bonds. The van der Waals surface area contributed by atoms with Gasteiger partial charge in [-0.3, -0.25) is 9.69 Å². The average Bonchev–Trinajstić information content (AvgIpc) is 3.62. The van der Waals surface area contributed by atoms with Gasteiger partial charge in [-0.2, -0.15) is 0 Å². The largest absolute Gasteiger partial charge is 0.376 e. The number of aromatic nitrogens is 5. The number of rotatable bonds is 7. The number of pyridine rings is 1. The Morgan fingerprint density at radius 2 is 1.89 bits per heavy atom. The van der Waals surface area contributed by atoms with Crippen LogP contribution in [0.4, 0.5) is 0 Å². The van der Waals surface area contributed by atoms with E-state index in [1.165, 1.54) is 11.1 Å². The van der Waals surface area contributed by atoms with Crippen molar-refractivity contribution in [1.29, 1.82) is 0 Å². The molecular formula is C30H36N6O2. The number of piperidine rings is 1. The number of aromatic amines is 1.